The Labute approximate surface area is 128 Å². The van der Waals surface area contributed by atoms with E-state index in [9.17, 15) is 4.79 Å². The van der Waals surface area contributed by atoms with Gasteiger partial charge in [0.05, 0.1) is 15.0 Å². The van der Waals surface area contributed by atoms with Crippen LogP contribution in [0, 0.1) is 13.8 Å². The Bertz CT molecular complexity index is 806. The maximum absolute atomic E-state index is 11.3. The molecule has 4 nitrogen and oxygen atoms in total. The van der Waals surface area contributed by atoms with Crippen LogP contribution in [0.15, 0.2) is 28.4 Å². The van der Waals surface area contributed by atoms with Crippen molar-refractivity contribution in [1.29, 1.82) is 0 Å². The van der Waals surface area contributed by atoms with E-state index in [4.69, 9.17) is 0 Å². The first kappa shape index (κ1) is 13.3. The molecule has 0 aliphatic rings. The summed E-state index contributed by atoms with van der Waals surface area (Å²) < 4.78 is 2.92. The quantitative estimate of drug-likeness (QED) is 0.715. The fourth-order valence-corrected chi connectivity index (χ4v) is 3.68. The molecule has 102 valence electrons. The molecule has 0 aliphatic heterocycles. The normalized spacial score (nSPS) is 10.9. The van der Waals surface area contributed by atoms with Crippen molar-refractivity contribution in [3.63, 3.8) is 0 Å². The van der Waals surface area contributed by atoms with Gasteiger partial charge in [0.1, 0.15) is 5.00 Å². The van der Waals surface area contributed by atoms with E-state index >= 15 is 0 Å². The van der Waals surface area contributed by atoms with Crippen LogP contribution in [0.1, 0.15) is 21.5 Å². The number of nitrogens with one attached hydrogen (secondary N) is 1. The van der Waals surface area contributed by atoms with Gasteiger partial charge in [-0.1, -0.05) is 0 Å². The van der Waals surface area contributed by atoms with Crippen molar-refractivity contribution in [3.05, 3.63) is 45.1 Å². The first-order chi connectivity index (χ1) is 9.61. The molecule has 6 heteroatoms. The average Bonchev–Trinajstić information content (AvgIpc) is 2.99. The van der Waals surface area contributed by atoms with Crippen LogP contribution < -0.4 is 5.32 Å². The number of aldehydes is 1. The van der Waals surface area contributed by atoms with E-state index in [0.717, 1.165) is 37.5 Å². The molecule has 0 fully saturated rings. The minimum absolute atomic E-state index is 0.690. The van der Waals surface area contributed by atoms with Gasteiger partial charge in [-0.15, -0.1) is 11.3 Å². The van der Waals surface area contributed by atoms with Crippen LogP contribution in [-0.2, 0) is 0 Å². The second kappa shape index (κ2) is 5.03. The summed E-state index contributed by atoms with van der Waals surface area (Å²) >= 11 is 5.00. The Balaban J connectivity index is 2.14. The van der Waals surface area contributed by atoms with Crippen LogP contribution in [0.4, 0.5) is 10.7 Å². The maximum atomic E-state index is 11.3. The summed E-state index contributed by atoms with van der Waals surface area (Å²) in [7, 11) is 0. The number of fused-ring (bicyclic) bond motifs is 1. The number of aromatic nitrogens is 2. The molecular weight excluding hydrogens is 338 g/mol. The fraction of sp³-hybridized carbons (Fsp3) is 0.143. The van der Waals surface area contributed by atoms with Crippen LogP contribution in [-0.4, -0.2) is 15.7 Å². The largest absolute Gasteiger partial charge is 0.343 e. The number of thiophene rings is 1. The summed E-state index contributed by atoms with van der Waals surface area (Å²) in [5, 5.41) is 4.19. The zero-order valence-electron chi connectivity index (χ0n) is 11.0. The zero-order valence-corrected chi connectivity index (χ0v) is 13.4. The molecule has 3 heterocycles. The number of aryl methyl sites for hydroxylation is 1. The highest BCUT2D eigenvalue weighted by Gasteiger charge is 2.15. The fourth-order valence-electron chi connectivity index (χ4n) is 2.08. The van der Waals surface area contributed by atoms with Crippen LogP contribution in [0.5, 0.6) is 0 Å². The van der Waals surface area contributed by atoms with Crippen molar-refractivity contribution < 1.29 is 4.79 Å². The second-order valence-corrected chi connectivity index (χ2v) is 6.86. The molecule has 0 saturated carbocycles. The van der Waals surface area contributed by atoms with E-state index in [-0.39, 0.29) is 0 Å². The number of hydrogen-bond donors (Lipinski definition) is 1. The van der Waals surface area contributed by atoms with E-state index in [2.05, 4.69) is 26.2 Å². The van der Waals surface area contributed by atoms with Gasteiger partial charge in [-0.05, 0) is 47.0 Å². The van der Waals surface area contributed by atoms with Gasteiger partial charge in [0, 0.05) is 18.6 Å². The Hall–Kier alpha value is -1.66. The monoisotopic (exact) mass is 349 g/mol. The van der Waals surface area contributed by atoms with Gasteiger partial charge in [0.2, 0.25) is 0 Å². The smallest absolute Gasteiger partial charge is 0.160 e. The highest BCUT2D eigenvalue weighted by Crippen LogP contribution is 2.38. The Morgan fingerprint density at radius 1 is 1.40 bits per heavy atom. The lowest BCUT2D eigenvalue weighted by Crippen LogP contribution is -1.98. The van der Waals surface area contributed by atoms with E-state index in [1.54, 1.807) is 6.20 Å². The average molecular weight is 350 g/mol. The standard InChI is InChI=1S/C14H12BrN3OS/c1-8-3-5-18-6-4-16-13(18)11(8)17-14-10(7-19)9(2)12(15)20-14/h3-7,17H,1-2H3. The van der Waals surface area contributed by atoms with Crippen molar-refractivity contribution >= 4 is 49.9 Å². The van der Waals surface area contributed by atoms with Gasteiger partial charge in [-0.25, -0.2) is 4.98 Å². The third-order valence-corrected chi connectivity index (χ3v) is 5.36. The maximum Gasteiger partial charge on any atom is 0.160 e. The minimum Gasteiger partial charge on any atom is -0.343 e. The summed E-state index contributed by atoms with van der Waals surface area (Å²) in [5.41, 5.74) is 4.51. The van der Waals surface area contributed by atoms with E-state index < -0.39 is 0 Å². The molecule has 3 aromatic heterocycles. The Morgan fingerprint density at radius 2 is 2.20 bits per heavy atom. The molecule has 3 aromatic rings. The molecule has 0 bridgehead atoms. The van der Waals surface area contributed by atoms with E-state index in [1.807, 2.05) is 36.7 Å². The number of carbonyl (C=O) groups is 1. The van der Waals surface area contributed by atoms with Gasteiger partial charge in [-0.2, -0.15) is 0 Å². The van der Waals surface area contributed by atoms with Gasteiger partial charge in [-0.3, -0.25) is 4.79 Å². The SMILES string of the molecule is Cc1ccn2ccnc2c1Nc1sc(Br)c(C)c1C=O. The first-order valence-electron chi connectivity index (χ1n) is 6.05. The third kappa shape index (κ3) is 2.05. The van der Waals surface area contributed by atoms with Crippen LogP contribution >= 0.6 is 27.3 Å². The molecule has 20 heavy (non-hydrogen) atoms. The van der Waals surface area contributed by atoms with Gasteiger partial charge in [0.15, 0.2) is 11.9 Å². The molecule has 0 aromatic carbocycles. The summed E-state index contributed by atoms with van der Waals surface area (Å²) in [5.74, 6) is 0. The number of hydrogen-bond acceptors (Lipinski definition) is 4. The van der Waals surface area contributed by atoms with Crippen LogP contribution in [0.2, 0.25) is 0 Å². The molecule has 3 rings (SSSR count). The molecule has 0 radical (unpaired) electrons. The summed E-state index contributed by atoms with van der Waals surface area (Å²) in [4.78, 5) is 15.6. The molecule has 0 atom stereocenters. The molecule has 0 saturated heterocycles. The Kier molecular flexibility index (Phi) is 3.35. The predicted molar refractivity (Wildman–Crippen MR) is 85.4 cm³/mol. The molecule has 0 unspecified atom stereocenters. The van der Waals surface area contributed by atoms with Crippen molar-refractivity contribution in [2.24, 2.45) is 0 Å². The van der Waals surface area contributed by atoms with Gasteiger partial charge >= 0.3 is 0 Å². The molecule has 0 spiro atoms. The highest BCUT2D eigenvalue weighted by atomic mass is 79.9. The summed E-state index contributed by atoms with van der Waals surface area (Å²) in [6.45, 7) is 3.95. The summed E-state index contributed by atoms with van der Waals surface area (Å²) in [6, 6.07) is 2.02. The molecule has 0 amide bonds. The number of halogens is 1. The van der Waals surface area contributed by atoms with Crippen molar-refractivity contribution in [3.8, 4) is 0 Å². The Morgan fingerprint density at radius 3 is 2.95 bits per heavy atom. The van der Waals surface area contributed by atoms with E-state index in [0.29, 0.717) is 5.56 Å². The molecule has 1 N–H and O–H groups in total. The van der Waals surface area contributed by atoms with Crippen LogP contribution in [0.3, 0.4) is 0 Å². The lowest BCUT2D eigenvalue weighted by molar-refractivity contribution is 0.112. The topological polar surface area (TPSA) is 46.4 Å². The number of pyridine rings is 1. The van der Waals surface area contributed by atoms with Gasteiger partial charge < -0.3 is 9.72 Å². The summed E-state index contributed by atoms with van der Waals surface area (Å²) in [6.07, 6.45) is 6.52. The van der Waals surface area contributed by atoms with Crippen molar-refractivity contribution in [1.82, 2.24) is 9.38 Å². The number of anilines is 2. The highest BCUT2D eigenvalue weighted by molar-refractivity contribution is 9.11. The number of carbonyl (C=O) groups excluding carboxylic acids is 1. The zero-order chi connectivity index (χ0) is 14.3. The molecule has 0 aliphatic carbocycles. The van der Waals surface area contributed by atoms with Gasteiger partial charge in [0.25, 0.3) is 0 Å². The van der Waals surface area contributed by atoms with Crippen molar-refractivity contribution in [2.45, 2.75) is 13.8 Å². The predicted octanol–water partition coefficient (Wildman–Crippen LogP) is 4.33. The van der Waals surface area contributed by atoms with Crippen LogP contribution in [0.25, 0.3) is 5.65 Å². The minimum atomic E-state index is 0.690. The first-order valence-corrected chi connectivity index (χ1v) is 7.66. The number of imidazole rings is 1. The molecular formula is C14H12BrN3OS. The second-order valence-electron chi connectivity index (χ2n) is 4.52. The lowest BCUT2D eigenvalue weighted by Gasteiger charge is -2.10. The number of nitrogens with zero attached hydrogens (tertiary/aromatic N) is 2. The van der Waals surface area contributed by atoms with E-state index in [1.165, 1.54) is 11.3 Å². The number of rotatable bonds is 3. The lowest BCUT2D eigenvalue weighted by atomic mass is 10.2. The third-order valence-electron chi connectivity index (χ3n) is 3.26. The van der Waals surface area contributed by atoms with Crippen molar-refractivity contribution in [2.75, 3.05) is 5.32 Å².